The van der Waals surface area contributed by atoms with Gasteiger partial charge in [0.15, 0.2) is 0 Å². The summed E-state index contributed by atoms with van der Waals surface area (Å²) < 4.78 is 1.06. The van der Waals surface area contributed by atoms with E-state index in [-0.39, 0.29) is 5.91 Å². The summed E-state index contributed by atoms with van der Waals surface area (Å²) in [6, 6.07) is 8.03. The van der Waals surface area contributed by atoms with E-state index in [0.717, 1.165) is 42.1 Å². The maximum absolute atomic E-state index is 12.3. The standard InChI is InChI=1S/C16H21BrN2O/c17-15-5-3-13(4-6-15)11-16(20)19-9-7-18(8-10-19)12-14-1-2-14/h3-6,14H,1-2,7-12H2. The van der Waals surface area contributed by atoms with Gasteiger partial charge in [-0.1, -0.05) is 28.1 Å². The fourth-order valence-electron chi connectivity index (χ4n) is 2.73. The van der Waals surface area contributed by atoms with E-state index in [1.54, 1.807) is 0 Å². The minimum atomic E-state index is 0.262. The van der Waals surface area contributed by atoms with Crippen molar-refractivity contribution in [1.29, 1.82) is 0 Å². The van der Waals surface area contributed by atoms with Crippen LogP contribution in [0.25, 0.3) is 0 Å². The second-order valence-electron chi connectivity index (χ2n) is 5.93. The van der Waals surface area contributed by atoms with Crippen LogP contribution in [0.5, 0.6) is 0 Å². The number of nitrogens with zero attached hydrogens (tertiary/aromatic N) is 2. The largest absolute Gasteiger partial charge is 0.340 e. The molecule has 0 N–H and O–H groups in total. The predicted octanol–water partition coefficient (Wildman–Crippen LogP) is 2.55. The average molecular weight is 337 g/mol. The van der Waals surface area contributed by atoms with E-state index in [2.05, 4.69) is 20.8 Å². The third kappa shape index (κ3) is 3.83. The van der Waals surface area contributed by atoms with E-state index in [0.29, 0.717) is 6.42 Å². The van der Waals surface area contributed by atoms with E-state index in [1.165, 1.54) is 19.4 Å². The fraction of sp³-hybridized carbons (Fsp3) is 0.562. The molecule has 0 spiro atoms. The van der Waals surface area contributed by atoms with Crippen molar-refractivity contribution in [3.8, 4) is 0 Å². The number of piperazine rings is 1. The van der Waals surface area contributed by atoms with Gasteiger partial charge in [0, 0.05) is 37.2 Å². The molecular formula is C16H21BrN2O. The summed E-state index contributed by atoms with van der Waals surface area (Å²) in [4.78, 5) is 16.8. The molecule has 1 amide bonds. The zero-order valence-corrected chi connectivity index (χ0v) is 13.3. The van der Waals surface area contributed by atoms with Crippen LogP contribution in [0.1, 0.15) is 18.4 Å². The maximum Gasteiger partial charge on any atom is 0.227 e. The van der Waals surface area contributed by atoms with E-state index in [1.807, 2.05) is 29.2 Å². The summed E-state index contributed by atoms with van der Waals surface area (Å²) in [7, 11) is 0. The molecular weight excluding hydrogens is 316 g/mol. The first kappa shape index (κ1) is 14.1. The summed E-state index contributed by atoms with van der Waals surface area (Å²) in [5.41, 5.74) is 1.10. The number of rotatable bonds is 4. The predicted molar refractivity (Wildman–Crippen MR) is 83.6 cm³/mol. The molecule has 0 bridgehead atoms. The molecule has 0 radical (unpaired) electrons. The Labute approximate surface area is 129 Å². The Hall–Kier alpha value is -0.870. The van der Waals surface area contributed by atoms with Gasteiger partial charge in [-0.25, -0.2) is 0 Å². The highest BCUT2D eigenvalue weighted by Gasteiger charge is 2.27. The third-order valence-electron chi connectivity index (χ3n) is 4.21. The zero-order chi connectivity index (χ0) is 13.9. The first-order valence-corrected chi connectivity index (χ1v) is 8.24. The molecule has 1 saturated heterocycles. The zero-order valence-electron chi connectivity index (χ0n) is 11.7. The monoisotopic (exact) mass is 336 g/mol. The molecule has 3 rings (SSSR count). The lowest BCUT2D eigenvalue weighted by Gasteiger charge is -2.34. The molecule has 1 aromatic rings. The summed E-state index contributed by atoms with van der Waals surface area (Å²) >= 11 is 3.42. The molecule has 1 saturated carbocycles. The van der Waals surface area contributed by atoms with E-state index in [9.17, 15) is 4.79 Å². The number of carbonyl (C=O) groups excluding carboxylic acids is 1. The van der Waals surface area contributed by atoms with Gasteiger partial charge in [-0.05, 0) is 36.5 Å². The Morgan fingerprint density at radius 1 is 1.10 bits per heavy atom. The van der Waals surface area contributed by atoms with Crippen LogP contribution >= 0.6 is 15.9 Å². The molecule has 1 heterocycles. The highest BCUT2D eigenvalue weighted by molar-refractivity contribution is 9.10. The van der Waals surface area contributed by atoms with Gasteiger partial charge in [-0.15, -0.1) is 0 Å². The molecule has 0 aromatic heterocycles. The van der Waals surface area contributed by atoms with Gasteiger partial charge in [-0.2, -0.15) is 0 Å². The second-order valence-corrected chi connectivity index (χ2v) is 6.84. The number of hydrogen-bond donors (Lipinski definition) is 0. The van der Waals surface area contributed by atoms with Crippen LogP contribution in [-0.4, -0.2) is 48.4 Å². The number of benzene rings is 1. The van der Waals surface area contributed by atoms with Crippen molar-refractivity contribution in [3.05, 3.63) is 34.3 Å². The summed E-state index contributed by atoms with van der Waals surface area (Å²) in [6.45, 7) is 5.12. The second kappa shape index (κ2) is 6.27. The number of halogens is 1. The average Bonchev–Trinajstić information content (AvgIpc) is 3.26. The van der Waals surface area contributed by atoms with E-state index >= 15 is 0 Å². The normalized spacial score (nSPS) is 20.1. The van der Waals surface area contributed by atoms with Crippen LogP contribution in [0.4, 0.5) is 0 Å². The van der Waals surface area contributed by atoms with Crippen molar-refractivity contribution >= 4 is 21.8 Å². The van der Waals surface area contributed by atoms with Crippen LogP contribution in [0.15, 0.2) is 28.7 Å². The third-order valence-corrected chi connectivity index (χ3v) is 4.74. The van der Waals surface area contributed by atoms with Gasteiger partial charge in [0.1, 0.15) is 0 Å². The Morgan fingerprint density at radius 2 is 1.75 bits per heavy atom. The summed E-state index contributed by atoms with van der Waals surface area (Å²) in [5, 5.41) is 0. The molecule has 4 heteroatoms. The van der Waals surface area contributed by atoms with E-state index in [4.69, 9.17) is 0 Å². The van der Waals surface area contributed by atoms with Crippen LogP contribution in [0.3, 0.4) is 0 Å². The first-order valence-electron chi connectivity index (χ1n) is 7.45. The lowest BCUT2D eigenvalue weighted by atomic mass is 10.1. The Bertz CT molecular complexity index is 462. The van der Waals surface area contributed by atoms with Crippen LogP contribution in [0.2, 0.25) is 0 Å². The summed E-state index contributed by atoms with van der Waals surface area (Å²) in [5.74, 6) is 1.21. The van der Waals surface area contributed by atoms with Gasteiger partial charge in [0.05, 0.1) is 6.42 Å². The van der Waals surface area contributed by atoms with Gasteiger partial charge in [-0.3, -0.25) is 9.69 Å². The smallest absolute Gasteiger partial charge is 0.227 e. The van der Waals surface area contributed by atoms with Gasteiger partial charge in [0.25, 0.3) is 0 Å². The summed E-state index contributed by atoms with van der Waals surface area (Å²) in [6.07, 6.45) is 3.33. The van der Waals surface area contributed by atoms with Crippen LogP contribution in [-0.2, 0) is 11.2 Å². The minimum Gasteiger partial charge on any atom is -0.340 e. The molecule has 1 aliphatic heterocycles. The lowest BCUT2D eigenvalue weighted by Crippen LogP contribution is -2.49. The van der Waals surface area contributed by atoms with Gasteiger partial charge < -0.3 is 4.90 Å². The molecule has 0 unspecified atom stereocenters. The van der Waals surface area contributed by atoms with Gasteiger partial charge >= 0.3 is 0 Å². The quantitative estimate of drug-likeness (QED) is 0.843. The van der Waals surface area contributed by atoms with Crippen molar-refractivity contribution < 1.29 is 4.79 Å². The van der Waals surface area contributed by atoms with Gasteiger partial charge in [0.2, 0.25) is 5.91 Å². The molecule has 1 aromatic carbocycles. The van der Waals surface area contributed by atoms with Crippen molar-refractivity contribution in [1.82, 2.24) is 9.80 Å². The Kier molecular flexibility index (Phi) is 4.41. The van der Waals surface area contributed by atoms with Crippen LogP contribution in [0, 0.1) is 5.92 Å². The number of hydrogen-bond acceptors (Lipinski definition) is 2. The molecule has 1 aliphatic carbocycles. The van der Waals surface area contributed by atoms with Crippen molar-refractivity contribution in [2.24, 2.45) is 5.92 Å². The molecule has 108 valence electrons. The minimum absolute atomic E-state index is 0.262. The molecule has 20 heavy (non-hydrogen) atoms. The SMILES string of the molecule is O=C(Cc1ccc(Br)cc1)N1CCN(CC2CC2)CC1. The maximum atomic E-state index is 12.3. The Morgan fingerprint density at radius 3 is 2.35 bits per heavy atom. The highest BCUT2D eigenvalue weighted by atomic mass is 79.9. The first-order chi connectivity index (χ1) is 9.70. The molecule has 2 fully saturated rings. The topological polar surface area (TPSA) is 23.6 Å². The lowest BCUT2D eigenvalue weighted by molar-refractivity contribution is -0.132. The van der Waals surface area contributed by atoms with Crippen LogP contribution < -0.4 is 0 Å². The molecule has 3 nitrogen and oxygen atoms in total. The molecule has 2 aliphatic rings. The van der Waals surface area contributed by atoms with Crippen molar-refractivity contribution in [2.45, 2.75) is 19.3 Å². The number of carbonyl (C=O) groups is 1. The van der Waals surface area contributed by atoms with E-state index < -0.39 is 0 Å². The highest BCUT2D eigenvalue weighted by Crippen LogP contribution is 2.29. The number of amides is 1. The fourth-order valence-corrected chi connectivity index (χ4v) is 3.00. The molecule has 0 atom stereocenters. The van der Waals surface area contributed by atoms with Crippen molar-refractivity contribution in [3.63, 3.8) is 0 Å². The van der Waals surface area contributed by atoms with Crippen molar-refractivity contribution in [2.75, 3.05) is 32.7 Å². The Balaban J connectivity index is 1.47.